The van der Waals surface area contributed by atoms with E-state index in [9.17, 15) is 32.3 Å². The van der Waals surface area contributed by atoms with Gasteiger partial charge in [0, 0.05) is 0 Å². The lowest BCUT2D eigenvalue weighted by molar-refractivity contribution is -0.176. The Morgan fingerprint density at radius 2 is 1.77 bits per heavy atom. The number of carboxylic acid groups (broad SMARTS) is 1. The largest absolute Gasteiger partial charge is 0.479 e. The molecule has 5 nitrogen and oxygen atoms in total. The number of amides is 1. The van der Waals surface area contributed by atoms with Gasteiger partial charge in [0.1, 0.15) is 19.0 Å². The smallest absolute Gasteiger partial charge is 0.411 e. The molecule has 22 heavy (non-hydrogen) atoms. The number of benzene rings is 1. The van der Waals surface area contributed by atoms with Crippen molar-refractivity contribution in [3.05, 3.63) is 35.6 Å². The SMILES string of the molecule is CC(NC(=O)COCC(F)(F)F)(C(=O)O)c1ccc(F)cc1. The Hall–Kier alpha value is -2.16. The minimum Gasteiger partial charge on any atom is -0.479 e. The first kappa shape index (κ1) is 17.9. The molecule has 0 aliphatic rings. The molecule has 0 aliphatic heterocycles. The maximum Gasteiger partial charge on any atom is 0.411 e. The summed E-state index contributed by atoms with van der Waals surface area (Å²) < 4.78 is 52.7. The van der Waals surface area contributed by atoms with E-state index in [1.807, 2.05) is 0 Å². The van der Waals surface area contributed by atoms with Gasteiger partial charge in [-0.2, -0.15) is 13.2 Å². The second-order valence-electron chi connectivity index (χ2n) is 4.59. The third-order valence-electron chi connectivity index (χ3n) is 2.74. The number of carbonyl (C=O) groups is 2. The average Bonchev–Trinajstić information content (AvgIpc) is 2.37. The summed E-state index contributed by atoms with van der Waals surface area (Å²) in [6.07, 6.45) is -4.59. The molecule has 0 saturated heterocycles. The van der Waals surface area contributed by atoms with Crippen molar-refractivity contribution in [3.63, 3.8) is 0 Å². The number of hydrogen-bond donors (Lipinski definition) is 2. The van der Waals surface area contributed by atoms with E-state index < -0.39 is 42.6 Å². The molecular formula is C13H13F4NO4. The van der Waals surface area contributed by atoms with Crippen molar-refractivity contribution >= 4 is 11.9 Å². The molecule has 1 atom stereocenters. The third kappa shape index (κ3) is 4.99. The van der Waals surface area contributed by atoms with Gasteiger partial charge in [-0.25, -0.2) is 9.18 Å². The van der Waals surface area contributed by atoms with Crippen LogP contribution in [0.3, 0.4) is 0 Å². The Morgan fingerprint density at radius 3 is 2.23 bits per heavy atom. The highest BCUT2D eigenvalue weighted by atomic mass is 19.4. The minimum atomic E-state index is -4.59. The number of alkyl halides is 3. The summed E-state index contributed by atoms with van der Waals surface area (Å²) in [6.45, 7) is -1.45. The molecule has 0 heterocycles. The summed E-state index contributed by atoms with van der Waals surface area (Å²) in [4.78, 5) is 22.9. The van der Waals surface area contributed by atoms with Gasteiger partial charge in [-0.05, 0) is 24.6 Å². The molecule has 0 bridgehead atoms. The number of aliphatic carboxylic acids is 1. The fourth-order valence-corrected chi connectivity index (χ4v) is 1.61. The van der Waals surface area contributed by atoms with E-state index in [1.165, 1.54) is 0 Å². The molecule has 0 spiro atoms. The van der Waals surface area contributed by atoms with Gasteiger partial charge >= 0.3 is 12.1 Å². The molecule has 1 amide bonds. The Morgan fingerprint density at radius 1 is 1.23 bits per heavy atom. The minimum absolute atomic E-state index is 0.0607. The van der Waals surface area contributed by atoms with Gasteiger partial charge in [0.15, 0.2) is 5.54 Å². The molecule has 122 valence electrons. The van der Waals surface area contributed by atoms with E-state index in [-0.39, 0.29) is 5.56 Å². The first-order valence-electron chi connectivity index (χ1n) is 5.99. The van der Waals surface area contributed by atoms with Gasteiger partial charge in [-0.15, -0.1) is 0 Å². The van der Waals surface area contributed by atoms with Gasteiger partial charge < -0.3 is 15.2 Å². The van der Waals surface area contributed by atoms with Gasteiger partial charge in [-0.3, -0.25) is 4.79 Å². The van der Waals surface area contributed by atoms with Gasteiger partial charge in [0.05, 0.1) is 0 Å². The predicted molar refractivity (Wildman–Crippen MR) is 66.4 cm³/mol. The number of hydrogen-bond acceptors (Lipinski definition) is 3. The fourth-order valence-electron chi connectivity index (χ4n) is 1.61. The number of carboxylic acids is 1. The first-order chi connectivity index (χ1) is 10.0. The third-order valence-corrected chi connectivity index (χ3v) is 2.74. The maximum absolute atomic E-state index is 12.9. The second kappa shape index (κ2) is 6.73. The van der Waals surface area contributed by atoms with E-state index in [0.717, 1.165) is 31.2 Å². The molecule has 1 rings (SSSR count). The van der Waals surface area contributed by atoms with Crippen LogP contribution in [0.5, 0.6) is 0 Å². The molecule has 2 N–H and O–H groups in total. The van der Waals surface area contributed by atoms with Crippen molar-refractivity contribution in [3.8, 4) is 0 Å². The monoisotopic (exact) mass is 323 g/mol. The highest BCUT2D eigenvalue weighted by molar-refractivity contribution is 5.88. The van der Waals surface area contributed by atoms with Crippen molar-refractivity contribution < 1.29 is 37.0 Å². The topological polar surface area (TPSA) is 75.6 Å². The molecule has 0 aliphatic carbocycles. The van der Waals surface area contributed by atoms with Crippen LogP contribution in [0.25, 0.3) is 0 Å². The van der Waals surface area contributed by atoms with Gasteiger partial charge in [0.25, 0.3) is 0 Å². The number of nitrogens with one attached hydrogen (secondary N) is 1. The van der Waals surface area contributed by atoms with Crippen LogP contribution in [0.4, 0.5) is 17.6 Å². The zero-order valence-corrected chi connectivity index (χ0v) is 11.4. The van der Waals surface area contributed by atoms with E-state index in [4.69, 9.17) is 0 Å². The Bertz CT molecular complexity index is 544. The summed E-state index contributed by atoms with van der Waals surface area (Å²) in [5.41, 5.74) is -1.86. The summed E-state index contributed by atoms with van der Waals surface area (Å²) in [5, 5.41) is 11.3. The van der Waals surface area contributed by atoms with Crippen LogP contribution < -0.4 is 5.32 Å². The normalized spacial score (nSPS) is 14.2. The highest BCUT2D eigenvalue weighted by Gasteiger charge is 2.37. The van der Waals surface area contributed by atoms with Crippen molar-refractivity contribution in [1.82, 2.24) is 5.32 Å². The van der Waals surface area contributed by atoms with Crippen molar-refractivity contribution in [1.29, 1.82) is 0 Å². The Kier molecular flexibility index (Phi) is 5.48. The lowest BCUT2D eigenvalue weighted by Gasteiger charge is -2.26. The molecule has 0 radical (unpaired) electrons. The van der Waals surface area contributed by atoms with Crippen molar-refractivity contribution in [2.75, 3.05) is 13.2 Å². The van der Waals surface area contributed by atoms with Crippen molar-refractivity contribution in [2.24, 2.45) is 0 Å². The fraction of sp³-hybridized carbons (Fsp3) is 0.385. The standard InChI is InChI=1S/C13H13F4NO4/c1-12(11(20)21,8-2-4-9(14)5-3-8)18-10(19)6-22-7-13(15,16)17/h2-5H,6-7H2,1H3,(H,18,19)(H,20,21). The number of halogens is 4. The van der Waals surface area contributed by atoms with E-state index in [1.54, 1.807) is 0 Å². The van der Waals surface area contributed by atoms with Crippen LogP contribution in [0.1, 0.15) is 12.5 Å². The maximum atomic E-state index is 12.9. The lowest BCUT2D eigenvalue weighted by atomic mass is 9.92. The first-order valence-corrected chi connectivity index (χ1v) is 5.99. The molecule has 0 saturated carbocycles. The Balaban J connectivity index is 2.77. The summed E-state index contributed by atoms with van der Waals surface area (Å²) in [7, 11) is 0. The zero-order chi connectivity index (χ0) is 17.0. The lowest BCUT2D eigenvalue weighted by Crippen LogP contribution is -2.50. The molecule has 9 heteroatoms. The van der Waals surface area contributed by atoms with Crippen LogP contribution in [0.2, 0.25) is 0 Å². The molecule has 1 unspecified atom stereocenters. The molecule has 1 aromatic carbocycles. The quantitative estimate of drug-likeness (QED) is 0.783. The van der Waals surface area contributed by atoms with E-state index in [0.29, 0.717) is 0 Å². The van der Waals surface area contributed by atoms with Crippen LogP contribution in [0.15, 0.2) is 24.3 Å². The van der Waals surface area contributed by atoms with E-state index in [2.05, 4.69) is 10.1 Å². The Labute approximate surface area is 122 Å². The van der Waals surface area contributed by atoms with Crippen molar-refractivity contribution in [2.45, 2.75) is 18.6 Å². The second-order valence-corrected chi connectivity index (χ2v) is 4.59. The number of rotatable bonds is 6. The van der Waals surface area contributed by atoms with Gasteiger partial charge in [-0.1, -0.05) is 12.1 Å². The predicted octanol–water partition coefficient (Wildman–Crippen LogP) is 1.82. The number of ether oxygens (including phenoxy) is 1. The number of carbonyl (C=O) groups excluding carboxylic acids is 1. The van der Waals surface area contributed by atoms with Crippen LogP contribution in [-0.2, 0) is 19.9 Å². The molecular weight excluding hydrogens is 310 g/mol. The van der Waals surface area contributed by atoms with Crippen LogP contribution >= 0.6 is 0 Å². The van der Waals surface area contributed by atoms with Crippen LogP contribution in [-0.4, -0.2) is 36.4 Å². The van der Waals surface area contributed by atoms with Crippen LogP contribution in [0, 0.1) is 5.82 Å². The molecule has 0 fully saturated rings. The summed E-state index contributed by atoms with van der Waals surface area (Å²) in [6, 6.07) is 4.31. The zero-order valence-electron chi connectivity index (χ0n) is 11.4. The molecule has 1 aromatic rings. The van der Waals surface area contributed by atoms with E-state index >= 15 is 0 Å². The summed E-state index contributed by atoms with van der Waals surface area (Å²) >= 11 is 0. The molecule has 0 aromatic heterocycles. The van der Waals surface area contributed by atoms with Gasteiger partial charge in [0.2, 0.25) is 5.91 Å². The average molecular weight is 323 g/mol. The summed E-state index contributed by atoms with van der Waals surface area (Å²) in [5.74, 6) is -3.10. The highest BCUT2D eigenvalue weighted by Crippen LogP contribution is 2.21.